The van der Waals surface area contributed by atoms with Gasteiger partial charge in [-0.05, 0) is 13.0 Å². The Morgan fingerprint density at radius 2 is 2.44 bits per heavy atom. The Balaban J connectivity index is 3.45. The van der Waals surface area contributed by atoms with Gasteiger partial charge in [-0.2, -0.15) is 0 Å². The number of hydrogen-bond donors (Lipinski definition) is 3. The predicted molar refractivity (Wildman–Crippen MR) is 33.7 cm³/mol. The molecule has 4 nitrogen and oxygen atoms in total. The Kier molecular flexibility index (Phi) is 4.00. The van der Waals surface area contributed by atoms with Crippen molar-refractivity contribution in [3.05, 3.63) is 0 Å². The van der Waals surface area contributed by atoms with Gasteiger partial charge in [-0.15, -0.1) is 0 Å². The Morgan fingerprint density at radius 1 is 1.89 bits per heavy atom. The molecule has 0 aliphatic carbocycles. The van der Waals surface area contributed by atoms with E-state index >= 15 is 0 Å². The first kappa shape index (κ1) is 8.39. The normalized spacial score (nSPS) is 12.8. The summed E-state index contributed by atoms with van der Waals surface area (Å²) in [7, 11) is 1.47. The van der Waals surface area contributed by atoms with Crippen LogP contribution in [0.1, 0.15) is 6.42 Å². The lowest BCUT2D eigenvalue weighted by molar-refractivity contribution is -0.128. The van der Waals surface area contributed by atoms with Crippen molar-refractivity contribution in [3.63, 3.8) is 0 Å². The molecule has 0 aromatic rings. The van der Waals surface area contributed by atoms with Crippen LogP contribution < -0.4 is 11.1 Å². The van der Waals surface area contributed by atoms with E-state index in [0.717, 1.165) is 0 Å². The summed E-state index contributed by atoms with van der Waals surface area (Å²) >= 11 is 0. The smallest absolute Gasteiger partial charge is 0.248 e. The first-order valence-electron chi connectivity index (χ1n) is 2.82. The molecule has 0 rings (SSSR count). The molecule has 0 saturated heterocycles. The quantitative estimate of drug-likeness (QED) is 0.435. The second-order valence-electron chi connectivity index (χ2n) is 1.71. The van der Waals surface area contributed by atoms with E-state index in [2.05, 4.69) is 5.32 Å². The van der Waals surface area contributed by atoms with Crippen LogP contribution in [-0.4, -0.2) is 30.7 Å². The lowest BCUT2D eigenvalue weighted by atomic mass is 10.2. The van der Waals surface area contributed by atoms with E-state index in [4.69, 9.17) is 10.8 Å². The molecule has 4 N–H and O–H groups in total. The number of nitrogens with two attached hydrogens (primary N) is 1. The minimum absolute atomic E-state index is 0.319. The van der Waals surface area contributed by atoms with Gasteiger partial charge in [0, 0.05) is 7.05 Å². The van der Waals surface area contributed by atoms with Crippen LogP contribution in [0.3, 0.4) is 0 Å². The Morgan fingerprint density at radius 3 is 2.78 bits per heavy atom. The summed E-state index contributed by atoms with van der Waals surface area (Å²) in [6.07, 6.45) is -0.625. The average molecular weight is 132 g/mol. The van der Waals surface area contributed by atoms with Crippen LogP contribution in [0.15, 0.2) is 0 Å². The third-order valence-corrected chi connectivity index (χ3v) is 0.989. The van der Waals surface area contributed by atoms with E-state index in [9.17, 15) is 4.79 Å². The highest BCUT2D eigenvalue weighted by molar-refractivity contribution is 5.80. The molecule has 1 amide bonds. The lowest BCUT2D eigenvalue weighted by Gasteiger charge is -2.05. The number of carbonyl (C=O) groups is 1. The number of carbonyl (C=O) groups excluding carboxylic acids is 1. The maximum absolute atomic E-state index is 10.5. The molecule has 1 atom stereocenters. The standard InChI is InChI=1S/C5H12N2O2/c1-7-5(9)4(8)2-3-6/h4,8H,2-3,6H2,1H3,(H,7,9). The summed E-state index contributed by atoms with van der Waals surface area (Å²) in [5.41, 5.74) is 5.08. The van der Waals surface area contributed by atoms with Crippen LogP contribution in [0.5, 0.6) is 0 Å². The molecule has 0 bridgehead atoms. The van der Waals surface area contributed by atoms with Crippen molar-refractivity contribution >= 4 is 5.91 Å². The van der Waals surface area contributed by atoms with Gasteiger partial charge in [-0.1, -0.05) is 0 Å². The molecule has 0 aromatic carbocycles. The first-order chi connectivity index (χ1) is 4.22. The van der Waals surface area contributed by atoms with Gasteiger partial charge in [0.2, 0.25) is 5.91 Å². The van der Waals surface area contributed by atoms with Gasteiger partial charge in [-0.25, -0.2) is 0 Å². The highest BCUT2D eigenvalue weighted by Gasteiger charge is 2.10. The van der Waals surface area contributed by atoms with Gasteiger partial charge in [0.05, 0.1) is 0 Å². The summed E-state index contributed by atoms with van der Waals surface area (Å²) in [5, 5.41) is 11.1. The van der Waals surface area contributed by atoms with E-state index in [-0.39, 0.29) is 5.91 Å². The van der Waals surface area contributed by atoms with Crippen molar-refractivity contribution in [2.24, 2.45) is 5.73 Å². The highest BCUT2D eigenvalue weighted by Crippen LogP contribution is 1.86. The topological polar surface area (TPSA) is 75.3 Å². The van der Waals surface area contributed by atoms with E-state index in [1.54, 1.807) is 0 Å². The van der Waals surface area contributed by atoms with Gasteiger partial charge in [0.1, 0.15) is 6.10 Å². The van der Waals surface area contributed by atoms with Crippen LogP contribution in [-0.2, 0) is 4.79 Å². The van der Waals surface area contributed by atoms with Crippen LogP contribution in [0, 0.1) is 0 Å². The zero-order valence-corrected chi connectivity index (χ0v) is 5.42. The lowest BCUT2D eigenvalue weighted by Crippen LogP contribution is -2.33. The summed E-state index contributed by atoms with van der Waals surface area (Å²) < 4.78 is 0. The number of aliphatic hydroxyl groups excluding tert-OH is 1. The van der Waals surface area contributed by atoms with E-state index in [1.165, 1.54) is 7.05 Å². The molecule has 1 unspecified atom stereocenters. The van der Waals surface area contributed by atoms with E-state index in [0.29, 0.717) is 13.0 Å². The summed E-state index contributed by atoms with van der Waals surface area (Å²) in [5.74, 6) is -0.375. The molecule has 54 valence electrons. The SMILES string of the molecule is CNC(=O)C(O)CCN. The molecule has 0 heterocycles. The van der Waals surface area contributed by atoms with Crippen molar-refractivity contribution in [1.82, 2.24) is 5.32 Å². The van der Waals surface area contributed by atoms with Gasteiger partial charge >= 0.3 is 0 Å². The fourth-order valence-electron chi connectivity index (χ4n) is 0.456. The minimum atomic E-state index is -0.944. The largest absolute Gasteiger partial charge is 0.383 e. The van der Waals surface area contributed by atoms with Crippen molar-refractivity contribution in [2.75, 3.05) is 13.6 Å². The van der Waals surface area contributed by atoms with Gasteiger partial charge in [0.25, 0.3) is 0 Å². The molecular formula is C5H12N2O2. The first-order valence-corrected chi connectivity index (χ1v) is 2.82. The Bertz CT molecular complexity index is 95.0. The third kappa shape index (κ3) is 3.05. The fraction of sp³-hybridized carbons (Fsp3) is 0.800. The van der Waals surface area contributed by atoms with E-state index < -0.39 is 6.10 Å². The Hall–Kier alpha value is -0.610. The summed E-state index contributed by atoms with van der Waals surface area (Å²) in [6.45, 7) is 0.328. The second-order valence-corrected chi connectivity index (χ2v) is 1.71. The number of hydrogen-bond acceptors (Lipinski definition) is 3. The van der Waals surface area contributed by atoms with E-state index in [1.807, 2.05) is 0 Å². The van der Waals surface area contributed by atoms with Crippen LogP contribution >= 0.6 is 0 Å². The number of amides is 1. The number of likely N-dealkylation sites (N-methyl/N-ethyl adjacent to an activating group) is 1. The van der Waals surface area contributed by atoms with Gasteiger partial charge in [-0.3, -0.25) is 4.79 Å². The van der Waals surface area contributed by atoms with Crippen molar-refractivity contribution in [3.8, 4) is 0 Å². The maximum Gasteiger partial charge on any atom is 0.248 e. The average Bonchev–Trinajstić information content (AvgIpc) is 1.87. The fourth-order valence-corrected chi connectivity index (χ4v) is 0.456. The molecule has 9 heavy (non-hydrogen) atoms. The summed E-state index contributed by atoms with van der Waals surface area (Å²) in [4.78, 5) is 10.5. The van der Waals surface area contributed by atoms with Crippen LogP contribution in [0.4, 0.5) is 0 Å². The molecular weight excluding hydrogens is 120 g/mol. The molecule has 4 heteroatoms. The second kappa shape index (κ2) is 4.29. The molecule has 0 spiro atoms. The monoisotopic (exact) mass is 132 g/mol. The summed E-state index contributed by atoms with van der Waals surface area (Å²) in [6, 6.07) is 0. The zero-order chi connectivity index (χ0) is 7.28. The van der Waals surface area contributed by atoms with Crippen LogP contribution in [0.2, 0.25) is 0 Å². The number of rotatable bonds is 3. The highest BCUT2D eigenvalue weighted by atomic mass is 16.3. The number of nitrogens with one attached hydrogen (secondary N) is 1. The molecule has 0 aliphatic heterocycles. The van der Waals surface area contributed by atoms with Crippen LogP contribution in [0.25, 0.3) is 0 Å². The van der Waals surface area contributed by atoms with Gasteiger partial charge < -0.3 is 16.2 Å². The van der Waals surface area contributed by atoms with Gasteiger partial charge in [0.15, 0.2) is 0 Å². The van der Waals surface area contributed by atoms with Crippen molar-refractivity contribution < 1.29 is 9.90 Å². The third-order valence-electron chi connectivity index (χ3n) is 0.989. The molecule has 0 saturated carbocycles. The molecule has 0 aromatic heterocycles. The maximum atomic E-state index is 10.5. The van der Waals surface area contributed by atoms with Crippen molar-refractivity contribution in [2.45, 2.75) is 12.5 Å². The molecule has 0 aliphatic rings. The number of aliphatic hydroxyl groups is 1. The molecule has 0 radical (unpaired) electrons. The zero-order valence-electron chi connectivity index (χ0n) is 5.42. The predicted octanol–water partition coefficient (Wildman–Crippen LogP) is -1.56. The Labute approximate surface area is 54.0 Å². The van der Waals surface area contributed by atoms with Crippen molar-refractivity contribution in [1.29, 1.82) is 0 Å². The minimum Gasteiger partial charge on any atom is -0.383 e. The molecule has 0 fully saturated rings.